The summed E-state index contributed by atoms with van der Waals surface area (Å²) < 4.78 is 26.9. The Morgan fingerprint density at radius 1 is 1.37 bits per heavy atom. The van der Waals surface area contributed by atoms with Crippen molar-refractivity contribution in [2.45, 2.75) is 30.9 Å². The van der Waals surface area contributed by atoms with Crippen LogP contribution in [0, 0.1) is 0 Å². The summed E-state index contributed by atoms with van der Waals surface area (Å²) in [6.45, 7) is 0. The van der Waals surface area contributed by atoms with E-state index in [4.69, 9.17) is 29.6 Å². The minimum Gasteiger partial charge on any atom is -0.389 e. The van der Waals surface area contributed by atoms with E-state index in [0.717, 1.165) is 12.8 Å². The number of rotatable bonds is 4. The lowest BCUT2D eigenvalue weighted by Crippen LogP contribution is -2.25. The molecule has 1 saturated carbocycles. The summed E-state index contributed by atoms with van der Waals surface area (Å²) in [5, 5.41) is -0.0225. The van der Waals surface area contributed by atoms with Crippen LogP contribution in [-0.2, 0) is 10.0 Å². The van der Waals surface area contributed by atoms with Crippen LogP contribution in [0.25, 0.3) is 0 Å². The minimum atomic E-state index is -3.37. The second-order valence-corrected chi connectivity index (χ2v) is 7.42. The molecule has 4 nitrogen and oxygen atoms in total. The van der Waals surface area contributed by atoms with Crippen molar-refractivity contribution in [2.75, 3.05) is 4.72 Å². The number of nitrogens with one attached hydrogen (secondary N) is 1. The monoisotopic (exact) mass is 318 g/mol. The second-order valence-electron chi connectivity index (χ2n) is 4.61. The largest absolute Gasteiger partial charge is 0.389 e. The van der Waals surface area contributed by atoms with Crippen molar-refractivity contribution >= 4 is 44.5 Å². The molecule has 1 aliphatic carbocycles. The van der Waals surface area contributed by atoms with Crippen molar-refractivity contribution in [1.29, 1.82) is 0 Å². The Morgan fingerprint density at radius 2 is 2.00 bits per heavy atom. The lowest BCUT2D eigenvalue weighted by atomic mass is 10.2. The van der Waals surface area contributed by atoms with Gasteiger partial charge in [0.1, 0.15) is 4.99 Å². The topological polar surface area (TPSA) is 72.2 Å². The molecule has 2 rings (SSSR count). The summed E-state index contributed by atoms with van der Waals surface area (Å²) in [6, 6.07) is 4.81. The van der Waals surface area contributed by atoms with Gasteiger partial charge in [-0.15, -0.1) is 0 Å². The molecule has 1 aromatic carbocycles. The van der Waals surface area contributed by atoms with Gasteiger partial charge >= 0.3 is 0 Å². The summed E-state index contributed by atoms with van der Waals surface area (Å²) in [5.41, 5.74) is 6.48. The Kier molecular flexibility index (Phi) is 4.32. The maximum absolute atomic E-state index is 12.2. The van der Waals surface area contributed by atoms with Gasteiger partial charge in [0.15, 0.2) is 0 Å². The first-order valence-electron chi connectivity index (χ1n) is 6.01. The Morgan fingerprint density at radius 3 is 2.53 bits per heavy atom. The molecule has 7 heteroatoms. The third kappa shape index (κ3) is 3.38. The molecule has 0 aromatic heterocycles. The number of thiocarbonyl (C=S) groups is 1. The summed E-state index contributed by atoms with van der Waals surface area (Å²) in [4.78, 5) is 0.229. The van der Waals surface area contributed by atoms with Crippen LogP contribution in [0.1, 0.15) is 31.2 Å². The Bertz CT molecular complexity index is 596. The fraction of sp³-hybridized carbons (Fsp3) is 0.417. The highest BCUT2D eigenvalue weighted by atomic mass is 35.5. The van der Waals surface area contributed by atoms with Gasteiger partial charge in [0.2, 0.25) is 10.0 Å². The highest BCUT2D eigenvalue weighted by Gasteiger charge is 2.29. The van der Waals surface area contributed by atoms with Gasteiger partial charge in [-0.1, -0.05) is 36.7 Å². The molecule has 0 radical (unpaired) electrons. The number of nitrogens with two attached hydrogens (primary N) is 1. The van der Waals surface area contributed by atoms with Gasteiger partial charge in [-0.05, 0) is 31.0 Å². The quantitative estimate of drug-likeness (QED) is 0.837. The van der Waals surface area contributed by atoms with Crippen molar-refractivity contribution in [2.24, 2.45) is 5.73 Å². The predicted octanol–water partition coefficient (Wildman–Crippen LogP) is 2.66. The van der Waals surface area contributed by atoms with Crippen LogP contribution in [0.3, 0.4) is 0 Å². The molecule has 0 saturated heterocycles. The first-order valence-corrected chi connectivity index (χ1v) is 8.34. The summed E-state index contributed by atoms with van der Waals surface area (Å²) >= 11 is 10.9. The lowest BCUT2D eigenvalue weighted by molar-refractivity contribution is 0.585. The van der Waals surface area contributed by atoms with Crippen LogP contribution in [0.2, 0.25) is 5.02 Å². The average Bonchev–Trinajstić information content (AvgIpc) is 2.85. The minimum absolute atomic E-state index is 0.229. The molecule has 0 atom stereocenters. The van der Waals surface area contributed by atoms with Crippen molar-refractivity contribution in [3.05, 3.63) is 28.8 Å². The van der Waals surface area contributed by atoms with Crippen molar-refractivity contribution in [3.63, 3.8) is 0 Å². The third-order valence-corrected chi connectivity index (χ3v) is 5.65. The van der Waals surface area contributed by atoms with E-state index in [1.807, 2.05) is 0 Å². The zero-order valence-corrected chi connectivity index (χ0v) is 12.6. The van der Waals surface area contributed by atoms with Gasteiger partial charge in [0.25, 0.3) is 0 Å². The van der Waals surface area contributed by atoms with Gasteiger partial charge in [0.05, 0.1) is 16.0 Å². The highest BCUT2D eigenvalue weighted by Crippen LogP contribution is 2.29. The van der Waals surface area contributed by atoms with Crippen LogP contribution in [0.15, 0.2) is 18.2 Å². The maximum Gasteiger partial charge on any atom is 0.235 e. The first kappa shape index (κ1) is 14.6. The van der Waals surface area contributed by atoms with E-state index in [1.54, 1.807) is 18.2 Å². The van der Waals surface area contributed by atoms with E-state index >= 15 is 0 Å². The van der Waals surface area contributed by atoms with E-state index < -0.39 is 10.0 Å². The Balaban J connectivity index is 2.21. The van der Waals surface area contributed by atoms with E-state index in [-0.39, 0.29) is 10.2 Å². The smallest absolute Gasteiger partial charge is 0.235 e. The number of hydrogen-bond acceptors (Lipinski definition) is 3. The third-order valence-electron chi connectivity index (χ3n) is 3.25. The lowest BCUT2D eigenvalue weighted by Gasteiger charge is -2.14. The van der Waals surface area contributed by atoms with Crippen LogP contribution >= 0.6 is 23.8 Å². The summed E-state index contributed by atoms with van der Waals surface area (Å²) in [6.07, 6.45) is 3.33. The van der Waals surface area contributed by atoms with Gasteiger partial charge in [-0.2, -0.15) is 0 Å². The summed E-state index contributed by atoms with van der Waals surface area (Å²) in [5.74, 6) is 0. The molecule has 0 aliphatic heterocycles. The van der Waals surface area contributed by atoms with Gasteiger partial charge in [-0.25, -0.2) is 8.42 Å². The van der Waals surface area contributed by atoms with Gasteiger partial charge in [-0.3, -0.25) is 4.72 Å². The molecule has 1 aromatic rings. The molecule has 3 N–H and O–H groups in total. The number of benzene rings is 1. The van der Waals surface area contributed by atoms with E-state index in [0.29, 0.717) is 29.1 Å². The Labute approximate surface area is 123 Å². The average molecular weight is 319 g/mol. The highest BCUT2D eigenvalue weighted by molar-refractivity contribution is 7.93. The fourth-order valence-corrected chi connectivity index (χ4v) is 4.20. The fourth-order valence-electron chi connectivity index (χ4n) is 2.19. The van der Waals surface area contributed by atoms with Gasteiger partial charge in [0, 0.05) is 5.56 Å². The number of hydrogen-bond donors (Lipinski definition) is 2. The van der Waals surface area contributed by atoms with Crippen molar-refractivity contribution < 1.29 is 8.42 Å². The van der Waals surface area contributed by atoms with Crippen molar-refractivity contribution in [3.8, 4) is 0 Å². The molecule has 104 valence electrons. The SMILES string of the molecule is NC(=S)c1ccc(NS(=O)(=O)C2CCCC2)c(Cl)c1. The number of halogens is 1. The maximum atomic E-state index is 12.2. The van der Waals surface area contributed by atoms with Crippen LogP contribution in [0.4, 0.5) is 5.69 Å². The molecular weight excluding hydrogens is 304 g/mol. The molecule has 1 fully saturated rings. The molecule has 0 spiro atoms. The molecule has 0 unspecified atom stereocenters. The molecular formula is C12H15ClN2O2S2. The zero-order chi connectivity index (χ0) is 14.0. The van der Waals surface area contributed by atoms with E-state index in [2.05, 4.69) is 4.72 Å². The number of anilines is 1. The normalized spacial score (nSPS) is 16.5. The van der Waals surface area contributed by atoms with Crippen LogP contribution < -0.4 is 10.5 Å². The van der Waals surface area contributed by atoms with Crippen LogP contribution in [-0.4, -0.2) is 18.7 Å². The Hall–Kier alpha value is -0.850. The van der Waals surface area contributed by atoms with Crippen LogP contribution in [0.5, 0.6) is 0 Å². The molecule has 0 heterocycles. The summed E-state index contributed by atoms with van der Waals surface area (Å²) in [7, 11) is -3.37. The number of sulfonamides is 1. The molecule has 1 aliphatic rings. The van der Waals surface area contributed by atoms with Gasteiger partial charge < -0.3 is 5.73 Å². The first-order chi connectivity index (χ1) is 8.90. The zero-order valence-electron chi connectivity index (χ0n) is 10.2. The standard InChI is InChI=1S/C12H15ClN2O2S2/c13-10-7-8(12(14)18)5-6-11(10)15-19(16,17)9-3-1-2-4-9/h5-7,9,15H,1-4H2,(H2,14,18). The molecule has 0 amide bonds. The van der Waals surface area contributed by atoms with E-state index in [1.165, 1.54) is 0 Å². The molecule has 19 heavy (non-hydrogen) atoms. The van der Waals surface area contributed by atoms with E-state index in [9.17, 15) is 8.42 Å². The van der Waals surface area contributed by atoms with Crippen molar-refractivity contribution in [1.82, 2.24) is 0 Å². The molecule has 0 bridgehead atoms. The predicted molar refractivity (Wildman–Crippen MR) is 82.1 cm³/mol. The second kappa shape index (κ2) is 5.64.